The minimum Gasteiger partial charge on any atom is -0.465 e. The van der Waals surface area contributed by atoms with E-state index in [1.807, 2.05) is 6.92 Å². The molecule has 2 unspecified atom stereocenters. The third-order valence-corrected chi connectivity index (χ3v) is 2.24. The van der Waals surface area contributed by atoms with Crippen molar-refractivity contribution >= 4 is 11.9 Å². The van der Waals surface area contributed by atoms with Crippen molar-refractivity contribution in [3.8, 4) is 0 Å². The fourth-order valence-electron chi connectivity index (χ4n) is 1.39. The predicted octanol–water partition coefficient (Wildman–Crippen LogP) is 0.442. The Morgan fingerprint density at radius 2 is 1.94 bits per heavy atom. The number of hydrogen-bond acceptors (Lipinski definition) is 4. The fourth-order valence-corrected chi connectivity index (χ4v) is 1.39. The second kappa shape index (κ2) is 8.10. The zero-order valence-corrected chi connectivity index (χ0v) is 10.5. The van der Waals surface area contributed by atoms with E-state index in [9.17, 15) is 9.59 Å². The largest absolute Gasteiger partial charge is 0.465 e. The Hall–Kier alpha value is -1.10. The molecule has 0 bridgehead atoms. The molecule has 16 heavy (non-hydrogen) atoms. The molecular weight excluding hydrogens is 208 g/mol. The third kappa shape index (κ3) is 5.11. The average molecular weight is 230 g/mol. The Kier molecular flexibility index (Phi) is 7.54. The Morgan fingerprint density at radius 3 is 2.38 bits per heavy atom. The van der Waals surface area contributed by atoms with Crippen LogP contribution in [0.4, 0.5) is 0 Å². The summed E-state index contributed by atoms with van der Waals surface area (Å²) in [5.41, 5.74) is 0. The molecule has 0 saturated carbocycles. The molecule has 0 rings (SSSR count). The first-order valence-corrected chi connectivity index (χ1v) is 5.71. The van der Waals surface area contributed by atoms with E-state index in [-0.39, 0.29) is 11.9 Å². The van der Waals surface area contributed by atoms with E-state index < -0.39 is 12.1 Å². The fraction of sp³-hybridized carbons (Fsp3) is 0.818. The van der Waals surface area contributed by atoms with Gasteiger partial charge in [0.2, 0.25) is 5.91 Å². The summed E-state index contributed by atoms with van der Waals surface area (Å²) in [4.78, 5) is 22.9. The number of esters is 1. The smallest absolute Gasteiger partial charge is 0.323 e. The molecule has 0 aliphatic heterocycles. The first kappa shape index (κ1) is 14.9. The predicted molar refractivity (Wildman–Crippen MR) is 62.0 cm³/mol. The zero-order chi connectivity index (χ0) is 12.6. The maximum absolute atomic E-state index is 11.6. The van der Waals surface area contributed by atoms with Crippen LogP contribution < -0.4 is 10.6 Å². The molecule has 2 N–H and O–H groups in total. The summed E-state index contributed by atoms with van der Waals surface area (Å²) in [6.45, 7) is 5.83. The Balaban J connectivity index is 4.31. The van der Waals surface area contributed by atoms with Gasteiger partial charge in [-0.15, -0.1) is 0 Å². The van der Waals surface area contributed by atoms with Gasteiger partial charge in [0.05, 0.1) is 12.6 Å². The Labute approximate surface area is 96.9 Å². The second-order valence-electron chi connectivity index (χ2n) is 3.60. The van der Waals surface area contributed by atoms with Gasteiger partial charge in [-0.05, 0) is 20.3 Å². The van der Waals surface area contributed by atoms with Gasteiger partial charge in [-0.2, -0.15) is 0 Å². The Morgan fingerprint density at radius 1 is 1.31 bits per heavy atom. The first-order valence-electron chi connectivity index (χ1n) is 5.71. The summed E-state index contributed by atoms with van der Waals surface area (Å²) >= 11 is 0. The summed E-state index contributed by atoms with van der Waals surface area (Å²) in [5, 5.41) is 5.50. The summed E-state index contributed by atoms with van der Waals surface area (Å²) in [5.74, 6) is -0.425. The first-order chi connectivity index (χ1) is 7.56. The van der Waals surface area contributed by atoms with E-state index in [2.05, 4.69) is 10.6 Å². The lowest BCUT2D eigenvalue weighted by Gasteiger charge is -2.20. The van der Waals surface area contributed by atoms with Crippen LogP contribution in [0.2, 0.25) is 0 Å². The van der Waals surface area contributed by atoms with E-state index in [0.29, 0.717) is 13.0 Å². The lowest BCUT2D eigenvalue weighted by Crippen LogP contribution is -2.49. The molecule has 2 atom stereocenters. The zero-order valence-electron chi connectivity index (χ0n) is 10.5. The Bertz CT molecular complexity index is 231. The van der Waals surface area contributed by atoms with E-state index in [4.69, 9.17) is 4.74 Å². The van der Waals surface area contributed by atoms with Gasteiger partial charge < -0.3 is 10.1 Å². The maximum atomic E-state index is 11.6. The van der Waals surface area contributed by atoms with Crippen LogP contribution in [0.15, 0.2) is 0 Å². The van der Waals surface area contributed by atoms with Crippen molar-refractivity contribution in [3.05, 3.63) is 0 Å². The van der Waals surface area contributed by atoms with Crippen LogP contribution in [-0.4, -0.2) is 37.6 Å². The van der Waals surface area contributed by atoms with Crippen LogP contribution in [0.5, 0.6) is 0 Å². The highest BCUT2D eigenvalue weighted by molar-refractivity contribution is 5.82. The number of carbonyl (C=O) groups is 2. The summed E-state index contributed by atoms with van der Waals surface area (Å²) in [6, 6.07) is -0.803. The highest BCUT2D eigenvalue weighted by Gasteiger charge is 2.23. The molecule has 0 spiro atoms. The molecule has 0 radical (unpaired) electrons. The second-order valence-corrected chi connectivity index (χ2v) is 3.60. The molecule has 0 fully saturated rings. The third-order valence-electron chi connectivity index (χ3n) is 2.24. The van der Waals surface area contributed by atoms with Crippen LogP contribution in [0.1, 0.15) is 33.6 Å². The van der Waals surface area contributed by atoms with Crippen LogP contribution in [0, 0.1) is 0 Å². The monoisotopic (exact) mass is 230 g/mol. The number of carbonyl (C=O) groups excluding carboxylic acids is 2. The minimum atomic E-state index is -0.405. The molecule has 94 valence electrons. The average Bonchev–Trinajstić information content (AvgIpc) is 2.27. The number of likely N-dealkylation sites (N-methyl/N-ethyl adjacent to an activating group) is 1. The number of hydrogen-bond donors (Lipinski definition) is 2. The van der Waals surface area contributed by atoms with Gasteiger partial charge >= 0.3 is 5.97 Å². The van der Waals surface area contributed by atoms with Crippen molar-refractivity contribution in [3.63, 3.8) is 0 Å². The lowest BCUT2D eigenvalue weighted by molar-refractivity contribution is -0.146. The molecule has 0 aromatic heterocycles. The highest BCUT2D eigenvalue weighted by Crippen LogP contribution is 2.01. The van der Waals surface area contributed by atoms with Crippen molar-refractivity contribution in [2.45, 2.75) is 45.7 Å². The standard InChI is InChI=1S/C11H22N2O3/c1-5-7-9(11(15)16-6-2)13-8(3)10(14)12-4/h8-9,13H,5-7H2,1-4H3,(H,12,14). The number of nitrogens with one attached hydrogen (secondary N) is 2. The van der Waals surface area contributed by atoms with Gasteiger partial charge in [-0.25, -0.2) is 0 Å². The quantitative estimate of drug-likeness (QED) is 0.623. The number of ether oxygens (including phenoxy) is 1. The topological polar surface area (TPSA) is 67.4 Å². The highest BCUT2D eigenvalue weighted by atomic mass is 16.5. The number of rotatable bonds is 7. The summed E-state index contributed by atoms with van der Waals surface area (Å²) in [7, 11) is 1.57. The normalized spacial score (nSPS) is 14.0. The molecule has 5 nitrogen and oxygen atoms in total. The molecule has 0 heterocycles. The molecule has 0 aliphatic rings. The van der Waals surface area contributed by atoms with Crippen molar-refractivity contribution in [1.82, 2.24) is 10.6 Å². The molecule has 5 heteroatoms. The van der Waals surface area contributed by atoms with E-state index in [0.717, 1.165) is 6.42 Å². The van der Waals surface area contributed by atoms with E-state index >= 15 is 0 Å². The van der Waals surface area contributed by atoms with Crippen molar-refractivity contribution in [2.24, 2.45) is 0 Å². The summed E-state index contributed by atoms with van der Waals surface area (Å²) < 4.78 is 4.94. The van der Waals surface area contributed by atoms with Gasteiger partial charge in [0.15, 0.2) is 0 Å². The van der Waals surface area contributed by atoms with Crippen LogP contribution in [-0.2, 0) is 14.3 Å². The number of amides is 1. The molecule has 1 amide bonds. The van der Waals surface area contributed by atoms with Gasteiger partial charge in [0, 0.05) is 7.05 Å². The summed E-state index contributed by atoms with van der Waals surface area (Å²) in [6.07, 6.45) is 1.52. The van der Waals surface area contributed by atoms with Gasteiger partial charge in [-0.1, -0.05) is 13.3 Å². The van der Waals surface area contributed by atoms with E-state index in [1.165, 1.54) is 0 Å². The van der Waals surface area contributed by atoms with Gasteiger partial charge in [-0.3, -0.25) is 14.9 Å². The van der Waals surface area contributed by atoms with Crippen molar-refractivity contribution in [2.75, 3.05) is 13.7 Å². The van der Waals surface area contributed by atoms with Crippen molar-refractivity contribution in [1.29, 1.82) is 0 Å². The van der Waals surface area contributed by atoms with Gasteiger partial charge in [0.1, 0.15) is 6.04 Å². The van der Waals surface area contributed by atoms with E-state index in [1.54, 1.807) is 20.9 Å². The van der Waals surface area contributed by atoms with Crippen LogP contribution in [0.3, 0.4) is 0 Å². The molecule has 0 aromatic carbocycles. The molecule has 0 aromatic rings. The SMILES string of the molecule is CCCC(NC(C)C(=O)NC)C(=O)OCC. The van der Waals surface area contributed by atoms with Crippen LogP contribution >= 0.6 is 0 Å². The minimum absolute atomic E-state index is 0.134. The molecule has 0 saturated heterocycles. The van der Waals surface area contributed by atoms with Crippen LogP contribution in [0.25, 0.3) is 0 Å². The maximum Gasteiger partial charge on any atom is 0.323 e. The van der Waals surface area contributed by atoms with Gasteiger partial charge in [0.25, 0.3) is 0 Å². The lowest BCUT2D eigenvalue weighted by atomic mass is 10.1. The molecule has 0 aliphatic carbocycles. The molecular formula is C11H22N2O3. The van der Waals surface area contributed by atoms with Crippen molar-refractivity contribution < 1.29 is 14.3 Å².